The lowest BCUT2D eigenvalue weighted by Crippen LogP contribution is -2.36. The molecule has 1 aliphatic rings. The van der Waals surface area contributed by atoms with Crippen molar-refractivity contribution in [2.75, 3.05) is 36.5 Å². The predicted octanol–water partition coefficient (Wildman–Crippen LogP) is 6.18. The molecule has 1 heterocycles. The molecule has 1 aliphatic heterocycles. The number of fused-ring (bicyclic) bond motifs is 1. The van der Waals surface area contributed by atoms with Gasteiger partial charge in [-0.05, 0) is 59.2 Å². The van der Waals surface area contributed by atoms with Crippen molar-refractivity contribution in [3.05, 3.63) is 102 Å². The Bertz CT molecular complexity index is 1210. The van der Waals surface area contributed by atoms with E-state index in [-0.39, 0.29) is 0 Å². The minimum absolute atomic E-state index is 0.562. The minimum atomic E-state index is 0.562. The average molecular weight is 439 g/mol. The van der Waals surface area contributed by atoms with Crippen LogP contribution in [0.15, 0.2) is 84.9 Å². The summed E-state index contributed by atoms with van der Waals surface area (Å²) >= 11 is 0. The quantitative estimate of drug-likeness (QED) is 0.374. The normalized spacial score (nSPS) is 13.8. The third kappa shape index (κ3) is 4.96. The first-order chi connectivity index (χ1) is 16.3. The molecule has 0 saturated carbocycles. The first-order valence-corrected chi connectivity index (χ1v) is 11.6. The van der Waals surface area contributed by atoms with E-state index in [1.807, 2.05) is 0 Å². The number of rotatable bonds is 7. The highest BCUT2D eigenvalue weighted by molar-refractivity contribution is 5.88. The monoisotopic (exact) mass is 438 g/mol. The molecule has 1 N–H and O–H groups in total. The van der Waals surface area contributed by atoms with Crippen LogP contribution in [0.3, 0.4) is 0 Å². The standard InChI is InChI=1S/C29H30N2O2/c1-22-6-2-3-8-24(22)21-33-29-15-10-23-7-4-5-9-27(23)28(29)20-30-25-11-13-26(14-12-25)31-16-18-32-19-17-31/h2-15,30H,16-21H2,1H3. The molecule has 0 unspecified atom stereocenters. The molecule has 0 atom stereocenters. The topological polar surface area (TPSA) is 33.7 Å². The number of hydrogen-bond donors (Lipinski definition) is 1. The average Bonchev–Trinajstić information content (AvgIpc) is 2.88. The lowest BCUT2D eigenvalue weighted by Gasteiger charge is -2.29. The van der Waals surface area contributed by atoms with Crippen LogP contribution in [0.2, 0.25) is 0 Å². The summed E-state index contributed by atoms with van der Waals surface area (Å²) in [6.07, 6.45) is 0. The van der Waals surface area contributed by atoms with Gasteiger partial charge in [0, 0.05) is 36.6 Å². The molecule has 4 aromatic carbocycles. The summed E-state index contributed by atoms with van der Waals surface area (Å²) in [6.45, 7) is 6.88. The third-order valence-electron chi connectivity index (χ3n) is 6.35. The molecule has 0 aromatic heterocycles. The van der Waals surface area contributed by atoms with E-state index in [0.29, 0.717) is 13.2 Å². The summed E-state index contributed by atoms with van der Waals surface area (Å²) < 4.78 is 11.8. The van der Waals surface area contributed by atoms with E-state index in [4.69, 9.17) is 9.47 Å². The Balaban J connectivity index is 1.35. The van der Waals surface area contributed by atoms with Crippen LogP contribution in [-0.2, 0) is 17.9 Å². The molecular weight excluding hydrogens is 408 g/mol. The smallest absolute Gasteiger partial charge is 0.125 e. The summed E-state index contributed by atoms with van der Waals surface area (Å²) in [7, 11) is 0. The fourth-order valence-electron chi connectivity index (χ4n) is 4.36. The first-order valence-electron chi connectivity index (χ1n) is 11.6. The molecule has 0 amide bonds. The second-order valence-corrected chi connectivity index (χ2v) is 8.48. The van der Waals surface area contributed by atoms with Gasteiger partial charge in [0.2, 0.25) is 0 Å². The van der Waals surface area contributed by atoms with Crippen molar-refractivity contribution >= 4 is 22.1 Å². The number of nitrogens with zero attached hydrogens (tertiary/aromatic N) is 1. The second-order valence-electron chi connectivity index (χ2n) is 8.48. The Morgan fingerprint density at radius 3 is 2.42 bits per heavy atom. The lowest BCUT2D eigenvalue weighted by molar-refractivity contribution is 0.122. The number of ether oxygens (including phenoxy) is 2. The van der Waals surface area contributed by atoms with E-state index in [1.54, 1.807) is 0 Å². The van der Waals surface area contributed by atoms with E-state index in [9.17, 15) is 0 Å². The highest BCUT2D eigenvalue weighted by Gasteiger charge is 2.12. The summed E-state index contributed by atoms with van der Waals surface area (Å²) in [5, 5.41) is 6.05. The third-order valence-corrected chi connectivity index (χ3v) is 6.35. The summed E-state index contributed by atoms with van der Waals surface area (Å²) in [5.74, 6) is 0.925. The number of aryl methyl sites for hydroxylation is 1. The molecule has 1 fully saturated rings. The molecule has 5 rings (SSSR count). The van der Waals surface area contributed by atoms with Gasteiger partial charge in [-0.3, -0.25) is 0 Å². The zero-order chi connectivity index (χ0) is 22.5. The van der Waals surface area contributed by atoms with Gasteiger partial charge in [0.15, 0.2) is 0 Å². The van der Waals surface area contributed by atoms with E-state index < -0.39 is 0 Å². The van der Waals surface area contributed by atoms with Crippen molar-refractivity contribution in [3.8, 4) is 5.75 Å². The number of morpholine rings is 1. The molecule has 0 radical (unpaired) electrons. The fraction of sp³-hybridized carbons (Fsp3) is 0.241. The SMILES string of the molecule is Cc1ccccc1COc1ccc2ccccc2c1CNc1ccc(N2CCOCC2)cc1. The number of anilines is 2. The maximum Gasteiger partial charge on any atom is 0.125 e. The zero-order valence-electron chi connectivity index (χ0n) is 19.1. The van der Waals surface area contributed by atoms with E-state index >= 15 is 0 Å². The highest BCUT2D eigenvalue weighted by Crippen LogP contribution is 2.30. The van der Waals surface area contributed by atoms with Crippen LogP contribution in [0.25, 0.3) is 10.8 Å². The van der Waals surface area contributed by atoms with Crippen LogP contribution >= 0.6 is 0 Å². The van der Waals surface area contributed by atoms with Crippen molar-refractivity contribution in [2.24, 2.45) is 0 Å². The molecular formula is C29H30N2O2. The maximum atomic E-state index is 6.34. The summed E-state index contributed by atoms with van der Waals surface area (Å²) in [4.78, 5) is 2.37. The minimum Gasteiger partial charge on any atom is -0.489 e. The summed E-state index contributed by atoms with van der Waals surface area (Å²) in [6, 6.07) is 29.8. The molecule has 168 valence electrons. The molecule has 4 heteroatoms. The van der Waals surface area contributed by atoms with Gasteiger partial charge < -0.3 is 19.7 Å². The lowest BCUT2D eigenvalue weighted by atomic mass is 10.0. The number of hydrogen-bond acceptors (Lipinski definition) is 4. The van der Waals surface area contributed by atoms with Crippen LogP contribution in [0.5, 0.6) is 5.75 Å². The van der Waals surface area contributed by atoms with Crippen molar-refractivity contribution in [3.63, 3.8) is 0 Å². The van der Waals surface area contributed by atoms with Gasteiger partial charge in [-0.15, -0.1) is 0 Å². The van der Waals surface area contributed by atoms with Crippen molar-refractivity contribution in [1.82, 2.24) is 0 Å². The van der Waals surface area contributed by atoms with Crippen molar-refractivity contribution in [1.29, 1.82) is 0 Å². The van der Waals surface area contributed by atoms with Gasteiger partial charge in [-0.2, -0.15) is 0 Å². The number of nitrogens with one attached hydrogen (secondary N) is 1. The van der Waals surface area contributed by atoms with Crippen LogP contribution in [0, 0.1) is 6.92 Å². The van der Waals surface area contributed by atoms with Gasteiger partial charge in [-0.25, -0.2) is 0 Å². The van der Waals surface area contributed by atoms with Crippen LogP contribution in [0.4, 0.5) is 11.4 Å². The van der Waals surface area contributed by atoms with Crippen LogP contribution < -0.4 is 15.0 Å². The predicted molar refractivity (Wildman–Crippen MR) is 136 cm³/mol. The van der Waals surface area contributed by atoms with Crippen molar-refractivity contribution < 1.29 is 9.47 Å². The molecule has 1 saturated heterocycles. The number of benzene rings is 4. The largest absolute Gasteiger partial charge is 0.489 e. The van der Waals surface area contributed by atoms with Gasteiger partial charge in [0.05, 0.1) is 13.2 Å². The van der Waals surface area contributed by atoms with E-state index in [2.05, 4.69) is 102 Å². The highest BCUT2D eigenvalue weighted by atomic mass is 16.5. The molecule has 4 nitrogen and oxygen atoms in total. The second kappa shape index (κ2) is 9.97. The van der Waals surface area contributed by atoms with E-state index in [1.165, 1.54) is 33.2 Å². The Hall–Kier alpha value is -3.50. The Morgan fingerprint density at radius 1 is 0.848 bits per heavy atom. The Morgan fingerprint density at radius 2 is 1.61 bits per heavy atom. The van der Waals surface area contributed by atoms with Gasteiger partial charge in [0.25, 0.3) is 0 Å². The molecule has 33 heavy (non-hydrogen) atoms. The molecule has 0 spiro atoms. The van der Waals surface area contributed by atoms with Crippen LogP contribution in [0.1, 0.15) is 16.7 Å². The summed E-state index contributed by atoms with van der Waals surface area (Å²) in [5.41, 5.74) is 5.99. The first kappa shape index (κ1) is 21.4. The Labute approximate surface area is 195 Å². The molecule has 0 aliphatic carbocycles. The Kier molecular flexibility index (Phi) is 6.45. The fourth-order valence-corrected chi connectivity index (χ4v) is 4.36. The maximum absolute atomic E-state index is 6.34. The van der Waals surface area contributed by atoms with Gasteiger partial charge >= 0.3 is 0 Å². The van der Waals surface area contributed by atoms with Gasteiger partial charge in [-0.1, -0.05) is 54.6 Å². The zero-order valence-corrected chi connectivity index (χ0v) is 19.1. The van der Waals surface area contributed by atoms with E-state index in [0.717, 1.165) is 37.7 Å². The molecule has 4 aromatic rings. The van der Waals surface area contributed by atoms with Crippen molar-refractivity contribution in [2.45, 2.75) is 20.1 Å². The van der Waals surface area contributed by atoms with Gasteiger partial charge in [0.1, 0.15) is 12.4 Å². The van der Waals surface area contributed by atoms with Crippen LogP contribution in [-0.4, -0.2) is 26.3 Å². The molecule has 0 bridgehead atoms.